The van der Waals surface area contributed by atoms with E-state index in [2.05, 4.69) is 14.9 Å². The van der Waals surface area contributed by atoms with Crippen molar-refractivity contribution in [2.24, 2.45) is 5.92 Å². The smallest absolute Gasteiger partial charge is 0.335 e. The Labute approximate surface area is 265 Å². The third kappa shape index (κ3) is 6.66. The number of aliphatic hydroxyl groups is 3. The number of para-hydroxylation sites is 2. The number of carbonyl (C=O) groups excluding carboxylic acids is 1. The second-order valence-electron chi connectivity index (χ2n) is 11.8. The molecule has 3 heterocycles. The summed E-state index contributed by atoms with van der Waals surface area (Å²) in [5.74, 6) is -0.352. The Hall–Kier alpha value is -3.83. The summed E-state index contributed by atoms with van der Waals surface area (Å²) < 4.78 is 36.6. The fourth-order valence-corrected chi connectivity index (χ4v) is 7.38. The molecule has 1 amide bonds. The summed E-state index contributed by atoms with van der Waals surface area (Å²) in [5.41, 5.74) is 0.605. The van der Waals surface area contributed by atoms with Gasteiger partial charge in [-0.25, -0.2) is 28.0 Å². The summed E-state index contributed by atoms with van der Waals surface area (Å²) in [5, 5.41) is 40.6. The fourth-order valence-electron chi connectivity index (χ4n) is 6.10. The number of ether oxygens (including phenoxy) is 2. The van der Waals surface area contributed by atoms with Crippen LogP contribution in [0.4, 0.5) is 16.3 Å². The second-order valence-corrected chi connectivity index (χ2v) is 14.2. The molecular formula is C30H39N5O10S. The number of nitrogens with zero attached hydrogens (tertiary/aromatic N) is 5. The van der Waals surface area contributed by atoms with Crippen LogP contribution in [0.5, 0.6) is 5.75 Å². The third-order valence-electron chi connectivity index (χ3n) is 8.86. The zero-order valence-corrected chi connectivity index (χ0v) is 26.5. The second kappa shape index (κ2) is 13.5. The molecule has 1 saturated carbocycles. The number of sulfone groups is 1. The number of carbonyl (C=O) groups is 2. The monoisotopic (exact) mass is 661 g/mol. The van der Waals surface area contributed by atoms with E-state index in [1.807, 2.05) is 7.05 Å². The van der Waals surface area contributed by atoms with Crippen LogP contribution in [0.1, 0.15) is 32.6 Å². The van der Waals surface area contributed by atoms with Gasteiger partial charge in [0.25, 0.3) is 0 Å². The van der Waals surface area contributed by atoms with Gasteiger partial charge in [-0.3, -0.25) is 9.47 Å². The number of aromatic nitrogens is 3. The van der Waals surface area contributed by atoms with Crippen molar-refractivity contribution in [2.75, 3.05) is 35.4 Å². The van der Waals surface area contributed by atoms with Gasteiger partial charge in [-0.05, 0) is 49.8 Å². The highest BCUT2D eigenvalue weighted by Gasteiger charge is 2.48. The summed E-state index contributed by atoms with van der Waals surface area (Å²) in [6.45, 7) is 1.67. The summed E-state index contributed by atoms with van der Waals surface area (Å²) in [4.78, 5) is 37.5. The van der Waals surface area contributed by atoms with Crippen molar-refractivity contribution in [3.63, 3.8) is 0 Å². The molecule has 1 aliphatic heterocycles. The molecule has 2 aliphatic rings. The number of aliphatic hydroxyl groups excluding tert-OH is 3. The van der Waals surface area contributed by atoms with E-state index in [0.717, 1.165) is 25.7 Å². The van der Waals surface area contributed by atoms with Crippen LogP contribution >= 0.6 is 0 Å². The number of carboxylic acids is 1. The topological polar surface area (TPSA) is 205 Å². The first-order valence-corrected chi connectivity index (χ1v) is 16.9. The van der Waals surface area contributed by atoms with E-state index in [9.17, 15) is 38.4 Å². The lowest BCUT2D eigenvalue weighted by atomic mass is 9.86. The zero-order chi connectivity index (χ0) is 33.3. The Bertz CT molecular complexity index is 1680. The van der Waals surface area contributed by atoms with Gasteiger partial charge < -0.3 is 34.8 Å². The van der Waals surface area contributed by atoms with Crippen LogP contribution in [0.25, 0.3) is 11.0 Å². The lowest BCUT2D eigenvalue weighted by Gasteiger charge is -2.38. The van der Waals surface area contributed by atoms with Crippen LogP contribution in [0.3, 0.4) is 0 Å². The number of aliphatic carboxylic acids is 1. The van der Waals surface area contributed by atoms with Gasteiger partial charge in [-0.2, -0.15) is 0 Å². The molecule has 1 aliphatic carbocycles. The average Bonchev–Trinajstić information content (AvgIpc) is 3.48. The van der Waals surface area contributed by atoms with E-state index in [1.54, 1.807) is 37.4 Å². The lowest BCUT2D eigenvalue weighted by molar-refractivity contribution is -0.271. The average molecular weight is 662 g/mol. The van der Waals surface area contributed by atoms with Crippen LogP contribution in [0, 0.1) is 5.92 Å². The first-order chi connectivity index (χ1) is 21.8. The Balaban J connectivity index is 1.34. The van der Waals surface area contributed by atoms with E-state index in [1.165, 1.54) is 28.9 Å². The number of anilines is 2. The Morgan fingerprint density at radius 1 is 1.02 bits per heavy atom. The molecule has 15 nitrogen and oxygen atoms in total. The molecule has 250 valence electrons. The zero-order valence-electron chi connectivity index (χ0n) is 25.7. The molecule has 0 radical (unpaired) electrons. The van der Waals surface area contributed by atoms with Crippen molar-refractivity contribution in [2.45, 2.75) is 69.4 Å². The number of rotatable bonds is 9. The minimum absolute atomic E-state index is 0.0453. The molecule has 1 saturated heterocycles. The predicted octanol–water partition coefficient (Wildman–Crippen LogP) is 1.24. The molecule has 0 unspecified atom stereocenters. The maximum atomic E-state index is 13.8. The van der Waals surface area contributed by atoms with Gasteiger partial charge in [0.2, 0.25) is 6.29 Å². The van der Waals surface area contributed by atoms with Crippen LogP contribution in [-0.2, 0) is 19.4 Å². The molecule has 5 atom stereocenters. The van der Waals surface area contributed by atoms with Crippen LogP contribution in [-0.4, -0.2) is 118 Å². The van der Waals surface area contributed by atoms with Crippen molar-refractivity contribution in [3.05, 3.63) is 42.9 Å². The van der Waals surface area contributed by atoms with Crippen molar-refractivity contribution in [1.29, 1.82) is 0 Å². The first-order valence-electron chi connectivity index (χ1n) is 15.0. The molecule has 1 aromatic carbocycles. The summed E-state index contributed by atoms with van der Waals surface area (Å²) in [6, 6.07) is 7.69. The molecular weight excluding hydrogens is 622 g/mol. The minimum atomic E-state index is -3.03. The van der Waals surface area contributed by atoms with Gasteiger partial charge in [0.1, 0.15) is 46.0 Å². The Morgan fingerprint density at radius 2 is 1.72 bits per heavy atom. The fraction of sp³-hybridized carbons (Fsp3) is 0.533. The van der Waals surface area contributed by atoms with E-state index in [-0.39, 0.29) is 34.9 Å². The van der Waals surface area contributed by atoms with E-state index in [0.29, 0.717) is 16.9 Å². The normalized spacial score (nSPS) is 26.9. The largest absolute Gasteiger partial charge is 0.479 e. The molecule has 4 N–H and O–H groups in total. The minimum Gasteiger partial charge on any atom is -0.479 e. The maximum Gasteiger partial charge on any atom is 0.335 e. The highest BCUT2D eigenvalue weighted by Crippen LogP contribution is 2.35. The maximum absolute atomic E-state index is 13.8. The number of hydrogen-bond donors (Lipinski definition) is 4. The van der Waals surface area contributed by atoms with Crippen molar-refractivity contribution < 1.29 is 47.9 Å². The third-order valence-corrected chi connectivity index (χ3v) is 10.7. The summed E-state index contributed by atoms with van der Waals surface area (Å²) in [6.07, 6.45) is -2.82. The first kappa shape index (κ1) is 33.5. The van der Waals surface area contributed by atoms with Crippen molar-refractivity contribution in [1.82, 2.24) is 14.5 Å². The molecule has 2 fully saturated rings. The molecule has 0 bridgehead atoms. The van der Waals surface area contributed by atoms with Crippen molar-refractivity contribution >= 4 is 44.4 Å². The number of benzene rings is 1. The van der Waals surface area contributed by atoms with Crippen LogP contribution in [0.2, 0.25) is 0 Å². The SMILES string of the molecule is CCS(=O)(=O)CC1CCC(N(C)c2ncnc3c2ccn3C(=O)N(C)c2ccccc2O[C@@H]2O[C@H](C(=O)O)[C@@H](O)[C@H](O)[C@H]2O)CC1. The Morgan fingerprint density at radius 3 is 2.39 bits per heavy atom. The predicted molar refractivity (Wildman–Crippen MR) is 167 cm³/mol. The number of fused-ring (bicyclic) bond motifs is 1. The van der Waals surface area contributed by atoms with Crippen LogP contribution < -0.4 is 14.5 Å². The Kier molecular flexibility index (Phi) is 9.83. The number of carboxylic acid groups (broad SMARTS) is 1. The van der Waals surface area contributed by atoms with Gasteiger partial charge in [-0.15, -0.1) is 0 Å². The summed E-state index contributed by atoms with van der Waals surface area (Å²) >= 11 is 0. The highest BCUT2D eigenvalue weighted by atomic mass is 32.2. The number of amides is 1. The summed E-state index contributed by atoms with van der Waals surface area (Å²) in [7, 11) is 0.399. The van der Waals surface area contributed by atoms with Gasteiger partial charge in [-0.1, -0.05) is 19.1 Å². The molecule has 5 rings (SSSR count). The van der Waals surface area contributed by atoms with Gasteiger partial charge in [0, 0.05) is 32.1 Å². The van der Waals surface area contributed by atoms with Crippen molar-refractivity contribution in [3.8, 4) is 5.75 Å². The van der Waals surface area contributed by atoms with E-state index >= 15 is 0 Å². The van der Waals surface area contributed by atoms with E-state index in [4.69, 9.17) is 9.47 Å². The highest BCUT2D eigenvalue weighted by molar-refractivity contribution is 7.91. The molecule has 0 spiro atoms. The number of hydrogen-bond acceptors (Lipinski definition) is 12. The molecule has 2 aromatic heterocycles. The lowest BCUT2D eigenvalue weighted by Crippen LogP contribution is -2.61. The van der Waals surface area contributed by atoms with Gasteiger partial charge in [0.15, 0.2) is 11.8 Å². The van der Waals surface area contributed by atoms with Crippen LogP contribution in [0.15, 0.2) is 42.9 Å². The molecule has 16 heteroatoms. The van der Waals surface area contributed by atoms with E-state index < -0.39 is 52.5 Å². The van der Waals surface area contributed by atoms with Gasteiger partial charge in [0.05, 0.1) is 16.8 Å². The standard InChI is InChI=1S/C30H39N5O10S/c1-4-46(42,43)15-17-9-11-18(12-10-17)33(2)26-19-13-14-35(27(19)32-16-31-26)30(41)34(3)20-7-5-6-8-21(20)44-29-24(38)22(36)23(37)25(45-29)28(39)40/h5-8,13-14,16-18,22-25,29,36-38H,4,9-12,15H2,1-3H3,(H,39,40)/t17?,18?,22-,23-,24+,25-,29+/m0/s1. The molecule has 46 heavy (non-hydrogen) atoms. The van der Waals surface area contributed by atoms with Gasteiger partial charge >= 0.3 is 12.0 Å². The molecule has 3 aromatic rings. The quantitative estimate of drug-likeness (QED) is 0.255.